The predicted molar refractivity (Wildman–Crippen MR) is 67.3 cm³/mol. The SMILES string of the molecule is CNC(=O)NC(=O)CNc1cc(Cl)ccc1C. The number of nitrogens with one attached hydrogen (secondary N) is 3. The number of urea groups is 1. The fourth-order valence-corrected chi connectivity index (χ4v) is 1.37. The van der Waals surface area contributed by atoms with Crippen LogP contribution in [0.3, 0.4) is 0 Å². The lowest BCUT2D eigenvalue weighted by atomic mass is 10.2. The van der Waals surface area contributed by atoms with Crippen LogP contribution >= 0.6 is 11.6 Å². The molecule has 0 bridgehead atoms. The molecule has 0 aliphatic heterocycles. The molecule has 3 N–H and O–H groups in total. The molecule has 17 heavy (non-hydrogen) atoms. The zero-order valence-electron chi connectivity index (χ0n) is 9.63. The standard InChI is InChI=1S/C11H14ClN3O2/c1-7-3-4-8(12)5-9(7)14-6-10(16)15-11(17)13-2/h3-5,14H,6H2,1-2H3,(H2,13,15,16,17). The van der Waals surface area contributed by atoms with E-state index in [1.54, 1.807) is 12.1 Å². The molecule has 0 fully saturated rings. The van der Waals surface area contributed by atoms with Crippen LogP contribution in [0.4, 0.5) is 10.5 Å². The Labute approximate surface area is 105 Å². The first-order valence-electron chi connectivity index (χ1n) is 5.04. The van der Waals surface area contributed by atoms with E-state index in [1.165, 1.54) is 7.05 Å². The first kappa shape index (κ1) is 13.3. The second kappa shape index (κ2) is 6.10. The maximum Gasteiger partial charge on any atom is 0.321 e. The summed E-state index contributed by atoms with van der Waals surface area (Å²) in [6.45, 7) is 1.91. The molecule has 3 amide bonds. The molecule has 92 valence electrons. The van der Waals surface area contributed by atoms with Crippen molar-refractivity contribution >= 4 is 29.2 Å². The van der Waals surface area contributed by atoms with Crippen LogP contribution in [0.25, 0.3) is 0 Å². The molecular formula is C11H14ClN3O2. The number of halogens is 1. The monoisotopic (exact) mass is 255 g/mol. The lowest BCUT2D eigenvalue weighted by molar-refractivity contribution is -0.118. The third kappa shape index (κ3) is 4.32. The van der Waals surface area contributed by atoms with Gasteiger partial charge in [0, 0.05) is 17.8 Å². The molecule has 0 heterocycles. The van der Waals surface area contributed by atoms with E-state index in [2.05, 4.69) is 16.0 Å². The van der Waals surface area contributed by atoms with Crippen molar-refractivity contribution in [2.45, 2.75) is 6.92 Å². The van der Waals surface area contributed by atoms with Crippen molar-refractivity contribution in [3.63, 3.8) is 0 Å². The van der Waals surface area contributed by atoms with Crippen LogP contribution in [0.15, 0.2) is 18.2 Å². The van der Waals surface area contributed by atoms with Gasteiger partial charge in [0.15, 0.2) is 0 Å². The fraction of sp³-hybridized carbons (Fsp3) is 0.273. The quantitative estimate of drug-likeness (QED) is 0.767. The van der Waals surface area contributed by atoms with Crippen molar-refractivity contribution in [2.75, 3.05) is 18.9 Å². The lowest BCUT2D eigenvalue weighted by Crippen LogP contribution is -2.40. The number of benzene rings is 1. The molecule has 0 saturated heterocycles. The van der Waals surface area contributed by atoms with Crippen LogP contribution < -0.4 is 16.0 Å². The van der Waals surface area contributed by atoms with Gasteiger partial charge in [0.1, 0.15) is 0 Å². The second-order valence-electron chi connectivity index (χ2n) is 3.44. The van der Waals surface area contributed by atoms with E-state index in [-0.39, 0.29) is 6.54 Å². The van der Waals surface area contributed by atoms with Crippen LogP contribution in [0.1, 0.15) is 5.56 Å². The number of imide groups is 1. The number of carbonyl (C=O) groups is 2. The first-order valence-corrected chi connectivity index (χ1v) is 5.42. The average molecular weight is 256 g/mol. The van der Waals surface area contributed by atoms with Crippen LogP contribution in [0.5, 0.6) is 0 Å². The molecule has 0 aromatic heterocycles. The third-order valence-corrected chi connectivity index (χ3v) is 2.35. The van der Waals surface area contributed by atoms with E-state index in [4.69, 9.17) is 11.6 Å². The van der Waals surface area contributed by atoms with Gasteiger partial charge in [-0.15, -0.1) is 0 Å². The van der Waals surface area contributed by atoms with Crippen molar-refractivity contribution in [1.29, 1.82) is 0 Å². The Morgan fingerprint density at radius 2 is 2.06 bits per heavy atom. The zero-order valence-corrected chi connectivity index (χ0v) is 10.4. The number of rotatable bonds is 3. The van der Waals surface area contributed by atoms with Gasteiger partial charge in [0.05, 0.1) is 6.54 Å². The van der Waals surface area contributed by atoms with Gasteiger partial charge in [-0.1, -0.05) is 17.7 Å². The Bertz CT molecular complexity index is 435. The molecule has 1 rings (SSSR count). The number of carbonyl (C=O) groups excluding carboxylic acids is 2. The van der Waals surface area contributed by atoms with E-state index in [0.29, 0.717) is 5.02 Å². The molecule has 1 aromatic rings. The molecule has 5 nitrogen and oxygen atoms in total. The van der Waals surface area contributed by atoms with Crippen molar-refractivity contribution in [2.24, 2.45) is 0 Å². The summed E-state index contributed by atoms with van der Waals surface area (Å²) >= 11 is 5.83. The summed E-state index contributed by atoms with van der Waals surface area (Å²) < 4.78 is 0. The Morgan fingerprint density at radius 1 is 1.35 bits per heavy atom. The van der Waals surface area contributed by atoms with E-state index in [0.717, 1.165) is 11.3 Å². The maximum atomic E-state index is 11.3. The summed E-state index contributed by atoms with van der Waals surface area (Å²) in [6.07, 6.45) is 0. The fourth-order valence-electron chi connectivity index (χ4n) is 1.19. The van der Waals surface area contributed by atoms with E-state index in [9.17, 15) is 9.59 Å². The molecular weight excluding hydrogens is 242 g/mol. The smallest absolute Gasteiger partial charge is 0.321 e. The van der Waals surface area contributed by atoms with Gasteiger partial charge in [0.25, 0.3) is 0 Å². The van der Waals surface area contributed by atoms with Gasteiger partial charge in [0.2, 0.25) is 5.91 Å². The Kier molecular flexibility index (Phi) is 4.78. The largest absolute Gasteiger partial charge is 0.376 e. The molecule has 0 aliphatic carbocycles. The summed E-state index contributed by atoms with van der Waals surface area (Å²) in [6, 6.07) is 4.82. The summed E-state index contributed by atoms with van der Waals surface area (Å²) in [5.74, 6) is -0.413. The summed E-state index contributed by atoms with van der Waals surface area (Å²) in [7, 11) is 1.44. The van der Waals surface area contributed by atoms with Gasteiger partial charge in [-0.05, 0) is 24.6 Å². The predicted octanol–water partition coefficient (Wildman–Crippen LogP) is 1.52. The van der Waals surface area contributed by atoms with Crippen molar-refractivity contribution < 1.29 is 9.59 Å². The van der Waals surface area contributed by atoms with Crippen LogP contribution in [0, 0.1) is 6.92 Å². The number of hydrogen-bond donors (Lipinski definition) is 3. The summed E-state index contributed by atoms with van der Waals surface area (Å²) in [5.41, 5.74) is 1.74. The van der Waals surface area contributed by atoms with Crippen LogP contribution in [-0.2, 0) is 4.79 Å². The Balaban J connectivity index is 2.53. The minimum absolute atomic E-state index is 0.00853. The zero-order chi connectivity index (χ0) is 12.8. The minimum Gasteiger partial charge on any atom is -0.376 e. The summed E-state index contributed by atoms with van der Waals surface area (Å²) in [5, 5.41) is 7.94. The molecule has 1 aromatic carbocycles. The molecule has 0 unspecified atom stereocenters. The minimum atomic E-state index is -0.528. The van der Waals surface area contributed by atoms with E-state index in [1.807, 2.05) is 13.0 Å². The van der Waals surface area contributed by atoms with Gasteiger partial charge < -0.3 is 10.6 Å². The second-order valence-corrected chi connectivity index (χ2v) is 3.88. The van der Waals surface area contributed by atoms with Crippen molar-refractivity contribution in [1.82, 2.24) is 10.6 Å². The van der Waals surface area contributed by atoms with E-state index < -0.39 is 11.9 Å². The topological polar surface area (TPSA) is 70.2 Å². The number of anilines is 1. The maximum absolute atomic E-state index is 11.3. The average Bonchev–Trinajstić information content (AvgIpc) is 2.30. The van der Waals surface area contributed by atoms with E-state index >= 15 is 0 Å². The molecule has 0 saturated carbocycles. The van der Waals surface area contributed by atoms with Crippen LogP contribution in [0.2, 0.25) is 5.02 Å². The van der Waals surface area contributed by atoms with Crippen molar-refractivity contribution in [3.8, 4) is 0 Å². The highest BCUT2D eigenvalue weighted by molar-refractivity contribution is 6.30. The van der Waals surface area contributed by atoms with Crippen molar-refractivity contribution in [3.05, 3.63) is 28.8 Å². The number of aryl methyl sites for hydroxylation is 1. The third-order valence-electron chi connectivity index (χ3n) is 2.12. The first-order chi connectivity index (χ1) is 8.02. The summed E-state index contributed by atoms with van der Waals surface area (Å²) in [4.78, 5) is 22.2. The molecule has 6 heteroatoms. The highest BCUT2D eigenvalue weighted by Gasteiger charge is 2.06. The molecule has 0 spiro atoms. The normalized spacial score (nSPS) is 9.59. The lowest BCUT2D eigenvalue weighted by Gasteiger charge is -2.09. The van der Waals surface area contributed by atoms with Gasteiger partial charge >= 0.3 is 6.03 Å². The van der Waals surface area contributed by atoms with Crippen LogP contribution in [-0.4, -0.2) is 25.5 Å². The number of hydrogen-bond acceptors (Lipinski definition) is 3. The Morgan fingerprint density at radius 3 is 2.71 bits per heavy atom. The molecule has 0 aliphatic rings. The number of amides is 3. The van der Waals surface area contributed by atoms with Gasteiger partial charge in [-0.2, -0.15) is 0 Å². The molecule has 0 radical (unpaired) electrons. The van der Waals surface area contributed by atoms with Gasteiger partial charge in [-0.3, -0.25) is 10.1 Å². The van der Waals surface area contributed by atoms with Gasteiger partial charge in [-0.25, -0.2) is 4.79 Å². The highest BCUT2D eigenvalue weighted by Crippen LogP contribution is 2.19. The molecule has 0 atom stereocenters. The Hall–Kier alpha value is -1.75. The highest BCUT2D eigenvalue weighted by atomic mass is 35.5.